The number of halogens is 3. The molecule has 0 unspecified atom stereocenters. The molecule has 0 aromatic heterocycles. The summed E-state index contributed by atoms with van der Waals surface area (Å²) in [6, 6.07) is 8.57. The molecule has 0 aliphatic heterocycles. The average molecular weight is 369 g/mol. The van der Waals surface area contributed by atoms with Crippen molar-refractivity contribution < 1.29 is 18.7 Å². The summed E-state index contributed by atoms with van der Waals surface area (Å²) in [6.07, 6.45) is 0. The van der Waals surface area contributed by atoms with Crippen LogP contribution in [-0.4, -0.2) is 19.6 Å². The zero-order chi connectivity index (χ0) is 17.7. The van der Waals surface area contributed by atoms with E-state index in [-0.39, 0.29) is 28.2 Å². The molecular formula is C16H11Cl2FN2O3. The van der Waals surface area contributed by atoms with Crippen molar-refractivity contribution in [3.63, 3.8) is 0 Å². The van der Waals surface area contributed by atoms with Gasteiger partial charge < -0.3 is 14.8 Å². The molecule has 0 heterocycles. The van der Waals surface area contributed by atoms with Crippen molar-refractivity contribution in [2.24, 2.45) is 0 Å². The standard InChI is InChI=1S/C16H11Cl2FN2O3/c1-23-14-5-9(7-20)4-12(18)16(14)24-8-15(22)21-10-2-3-13(19)11(17)6-10/h2-6H,8H2,1H3,(H,21,22). The Kier molecular flexibility index (Phi) is 5.85. The van der Waals surface area contributed by atoms with Crippen molar-refractivity contribution in [1.82, 2.24) is 0 Å². The number of rotatable bonds is 5. The fourth-order valence-electron chi connectivity index (χ4n) is 1.83. The van der Waals surface area contributed by atoms with Crippen LogP contribution in [0.25, 0.3) is 0 Å². The Morgan fingerprint density at radius 3 is 2.67 bits per heavy atom. The largest absolute Gasteiger partial charge is 0.493 e. The Hall–Kier alpha value is -2.49. The third kappa shape index (κ3) is 4.28. The summed E-state index contributed by atoms with van der Waals surface area (Å²) in [5.74, 6) is -0.706. The predicted molar refractivity (Wildman–Crippen MR) is 88.3 cm³/mol. The molecule has 8 heteroatoms. The Bertz CT molecular complexity index is 822. The van der Waals surface area contributed by atoms with Crippen molar-refractivity contribution in [3.05, 3.63) is 51.8 Å². The molecule has 124 valence electrons. The molecule has 0 aliphatic rings. The summed E-state index contributed by atoms with van der Waals surface area (Å²) in [7, 11) is 1.39. The van der Waals surface area contributed by atoms with Gasteiger partial charge in [-0.2, -0.15) is 5.26 Å². The second-order valence-electron chi connectivity index (χ2n) is 4.57. The number of nitriles is 1. The van der Waals surface area contributed by atoms with Gasteiger partial charge in [-0.3, -0.25) is 4.79 Å². The number of carbonyl (C=O) groups excluding carboxylic acids is 1. The number of nitrogens with zero attached hydrogens (tertiary/aromatic N) is 1. The third-order valence-electron chi connectivity index (χ3n) is 2.91. The van der Waals surface area contributed by atoms with E-state index >= 15 is 0 Å². The van der Waals surface area contributed by atoms with Gasteiger partial charge in [-0.1, -0.05) is 23.2 Å². The number of ether oxygens (including phenoxy) is 2. The molecule has 5 nitrogen and oxygen atoms in total. The lowest BCUT2D eigenvalue weighted by Crippen LogP contribution is -2.20. The molecule has 0 saturated heterocycles. The van der Waals surface area contributed by atoms with Gasteiger partial charge in [-0.05, 0) is 24.3 Å². The lowest BCUT2D eigenvalue weighted by molar-refractivity contribution is -0.118. The smallest absolute Gasteiger partial charge is 0.262 e. The first-order valence-electron chi connectivity index (χ1n) is 6.60. The highest BCUT2D eigenvalue weighted by molar-refractivity contribution is 6.32. The Balaban J connectivity index is 2.06. The number of anilines is 1. The Morgan fingerprint density at radius 1 is 1.29 bits per heavy atom. The van der Waals surface area contributed by atoms with E-state index in [1.165, 1.54) is 31.4 Å². The van der Waals surface area contributed by atoms with Crippen LogP contribution in [0.5, 0.6) is 11.5 Å². The number of carbonyl (C=O) groups is 1. The summed E-state index contributed by atoms with van der Waals surface area (Å²) >= 11 is 11.7. The SMILES string of the molecule is COc1cc(C#N)cc(Cl)c1OCC(=O)Nc1ccc(F)c(Cl)c1. The fourth-order valence-corrected chi connectivity index (χ4v) is 2.28. The summed E-state index contributed by atoms with van der Waals surface area (Å²) in [5, 5.41) is 11.4. The highest BCUT2D eigenvalue weighted by Crippen LogP contribution is 2.36. The maximum atomic E-state index is 13.1. The lowest BCUT2D eigenvalue weighted by Gasteiger charge is -2.13. The molecule has 2 aromatic rings. The zero-order valence-electron chi connectivity index (χ0n) is 12.4. The van der Waals surface area contributed by atoms with E-state index in [2.05, 4.69) is 5.32 Å². The maximum Gasteiger partial charge on any atom is 0.262 e. The molecule has 0 saturated carbocycles. The Labute approximate surface area is 147 Å². The van der Waals surface area contributed by atoms with Crippen LogP contribution in [0, 0.1) is 17.1 Å². The molecule has 2 aromatic carbocycles. The van der Waals surface area contributed by atoms with E-state index in [4.69, 9.17) is 37.9 Å². The zero-order valence-corrected chi connectivity index (χ0v) is 13.9. The second kappa shape index (κ2) is 7.86. The number of benzene rings is 2. The quantitative estimate of drug-likeness (QED) is 0.864. The molecule has 0 aliphatic carbocycles. The van der Waals surface area contributed by atoms with Gasteiger partial charge in [0.1, 0.15) is 5.82 Å². The second-order valence-corrected chi connectivity index (χ2v) is 5.38. The Morgan fingerprint density at radius 2 is 2.04 bits per heavy atom. The van der Waals surface area contributed by atoms with Crippen molar-refractivity contribution in [2.45, 2.75) is 0 Å². The van der Waals surface area contributed by atoms with Gasteiger partial charge in [0, 0.05) is 11.8 Å². The third-order valence-corrected chi connectivity index (χ3v) is 3.48. The van der Waals surface area contributed by atoms with Crippen LogP contribution in [0.4, 0.5) is 10.1 Å². The molecule has 2 rings (SSSR count). The molecule has 0 fully saturated rings. The van der Waals surface area contributed by atoms with Gasteiger partial charge in [-0.25, -0.2) is 4.39 Å². The highest BCUT2D eigenvalue weighted by atomic mass is 35.5. The van der Waals surface area contributed by atoms with Crippen molar-refractivity contribution >= 4 is 34.8 Å². The molecule has 1 N–H and O–H groups in total. The number of hydrogen-bond acceptors (Lipinski definition) is 4. The predicted octanol–water partition coefficient (Wildman–Crippen LogP) is 4.03. The van der Waals surface area contributed by atoms with E-state index in [1.807, 2.05) is 6.07 Å². The number of amides is 1. The molecule has 0 bridgehead atoms. The van der Waals surface area contributed by atoms with Gasteiger partial charge in [0.2, 0.25) is 0 Å². The molecule has 0 atom stereocenters. The van der Waals surface area contributed by atoms with Crippen LogP contribution in [0.15, 0.2) is 30.3 Å². The minimum atomic E-state index is -0.583. The van der Waals surface area contributed by atoms with Gasteiger partial charge in [0.25, 0.3) is 5.91 Å². The first-order chi connectivity index (χ1) is 11.4. The molecule has 0 radical (unpaired) electrons. The first kappa shape index (κ1) is 17.9. The van der Waals surface area contributed by atoms with Gasteiger partial charge in [-0.15, -0.1) is 0 Å². The molecule has 24 heavy (non-hydrogen) atoms. The first-order valence-corrected chi connectivity index (χ1v) is 7.35. The van der Waals surface area contributed by atoms with Crippen molar-refractivity contribution in [2.75, 3.05) is 19.0 Å². The van der Waals surface area contributed by atoms with Crippen LogP contribution in [0.1, 0.15) is 5.56 Å². The normalized spacial score (nSPS) is 9.96. The molecule has 0 spiro atoms. The topological polar surface area (TPSA) is 71.3 Å². The van der Waals surface area contributed by atoms with Gasteiger partial charge >= 0.3 is 0 Å². The fraction of sp³-hybridized carbons (Fsp3) is 0.125. The van der Waals surface area contributed by atoms with E-state index < -0.39 is 11.7 Å². The van der Waals surface area contributed by atoms with Gasteiger partial charge in [0.05, 0.1) is 28.8 Å². The number of hydrogen-bond donors (Lipinski definition) is 1. The molecular weight excluding hydrogens is 358 g/mol. The summed E-state index contributed by atoms with van der Waals surface area (Å²) in [6.45, 7) is -0.364. The van der Waals surface area contributed by atoms with Crippen LogP contribution < -0.4 is 14.8 Å². The van der Waals surface area contributed by atoms with Gasteiger partial charge in [0.15, 0.2) is 18.1 Å². The summed E-state index contributed by atoms with van der Waals surface area (Å²) in [4.78, 5) is 11.9. The van der Waals surface area contributed by atoms with Crippen LogP contribution in [-0.2, 0) is 4.79 Å². The van der Waals surface area contributed by atoms with E-state index in [0.29, 0.717) is 11.3 Å². The minimum Gasteiger partial charge on any atom is -0.493 e. The lowest BCUT2D eigenvalue weighted by atomic mass is 10.2. The van der Waals surface area contributed by atoms with Crippen molar-refractivity contribution in [3.8, 4) is 17.6 Å². The summed E-state index contributed by atoms with van der Waals surface area (Å²) < 4.78 is 23.5. The van der Waals surface area contributed by atoms with E-state index in [1.54, 1.807) is 0 Å². The van der Waals surface area contributed by atoms with Crippen LogP contribution >= 0.6 is 23.2 Å². The van der Waals surface area contributed by atoms with Crippen molar-refractivity contribution in [1.29, 1.82) is 5.26 Å². The number of nitrogens with one attached hydrogen (secondary N) is 1. The number of methoxy groups -OCH3 is 1. The van der Waals surface area contributed by atoms with Crippen LogP contribution in [0.3, 0.4) is 0 Å². The monoisotopic (exact) mass is 368 g/mol. The van der Waals surface area contributed by atoms with E-state index in [0.717, 1.165) is 6.07 Å². The maximum absolute atomic E-state index is 13.1. The van der Waals surface area contributed by atoms with Crippen LogP contribution in [0.2, 0.25) is 10.0 Å². The summed E-state index contributed by atoms with van der Waals surface area (Å²) in [5.41, 5.74) is 0.627. The van der Waals surface area contributed by atoms with E-state index in [9.17, 15) is 9.18 Å². The highest BCUT2D eigenvalue weighted by Gasteiger charge is 2.14. The molecule has 1 amide bonds. The average Bonchev–Trinajstić information content (AvgIpc) is 2.56. The minimum absolute atomic E-state index is 0.106.